The van der Waals surface area contributed by atoms with Crippen LogP contribution in [-0.4, -0.2) is 28.4 Å². The van der Waals surface area contributed by atoms with Crippen LogP contribution in [0.25, 0.3) is 0 Å². The van der Waals surface area contributed by atoms with Crippen LogP contribution >= 0.6 is 15.8 Å². The molecule has 0 aliphatic rings. The van der Waals surface area contributed by atoms with Gasteiger partial charge in [0.1, 0.15) is 0 Å². The minimum atomic E-state index is -2.03. The Balaban J connectivity index is 0.000000874. The van der Waals surface area contributed by atoms with Crippen LogP contribution in [0.5, 0.6) is 0 Å². The van der Waals surface area contributed by atoms with Crippen LogP contribution in [-0.2, 0) is 4.74 Å². The summed E-state index contributed by atoms with van der Waals surface area (Å²) in [5, 5.41) is 12.0. The van der Waals surface area contributed by atoms with E-state index >= 15 is 0 Å². The third kappa shape index (κ3) is 8.49. The van der Waals surface area contributed by atoms with Gasteiger partial charge in [0.25, 0.3) is 0 Å². The maximum atomic E-state index is 4.83. The van der Waals surface area contributed by atoms with Crippen molar-refractivity contribution in [2.45, 2.75) is 40.0 Å². The Morgan fingerprint density at radius 1 is 0.367 bits per heavy atom. The molecule has 0 N–H and O–H groups in total. The predicted octanol–water partition coefficient (Wildman–Crippen LogP) is 7.86. The van der Waals surface area contributed by atoms with Gasteiger partial charge < -0.3 is 4.74 Å². The van der Waals surface area contributed by atoms with Gasteiger partial charge in [0.2, 0.25) is 0 Å². The van der Waals surface area contributed by atoms with Crippen molar-refractivity contribution in [2.75, 3.05) is 13.2 Å². The molecule has 0 spiro atoms. The summed E-state index contributed by atoms with van der Waals surface area (Å²) in [6, 6.07) is 63.7. The molecule has 250 valence electrons. The Morgan fingerprint density at radius 2 is 0.612 bits per heavy atom. The molecule has 0 aliphatic carbocycles. The average Bonchev–Trinajstić information content (AvgIpc) is 3.14. The van der Waals surface area contributed by atoms with Crippen molar-refractivity contribution in [1.82, 2.24) is 0 Å². The normalized spacial score (nSPS) is 11.7. The Kier molecular flexibility index (Phi) is 13.1. The summed E-state index contributed by atoms with van der Waals surface area (Å²) in [5.74, 6) is 0. The van der Waals surface area contributed by atoms with Gasteiger partial charge in [0.05, 0.1) is 15.2 Å². The molecule has 1 nitrogen and oxygen atoms in total. The zero-order chi connectivity index (χ0) is 34.7. The van der Waals surface area contributed by atoms with Crippen molar-refractivity contribution in [3.63, 3.8) is 0 Å². The van der Waals surface area contributed by atoms with Crippen molar-refractivity contribution in [3.8, 4) is 0 Å². The van der Waals surface area contributed by atoms with Crippen LogP contribution in [0.1, 0.15) is 13.8 Å². The van der Waals surface area contributed by atoms with Gasteiger partial charge in [-0.25, -0.2) is 0 Å². The van der Waals surface area contributed by atoms with Crippen LogP contribution in [0.4, 0.5) is 0 Å². The molecule has 0 heterocycles. The first-order valence-corrected chi connectivity index (χ1v) is 27.1. The minimum Gasteiger partial charge on any atom is -0.382 e. The highest BCUT2D eigenvalue weighted by Gasteiger charge is 2.47. The SMILES string of the molecule is CCOCC.C[Si](C)(c1ccccc1P(c1ccccc1)c1ccccc1)[Si](C)(C)c1ccccc1P(c1ccccc1)c1ccccc1. The maximum absolute atomic E-state index is 4.83. The van der Waals surface area contributed by atoms with E-state index in [9.17, 15) is 0 Å². The molecule has 5 heteroatoms. The summed E-state index contributed by atoms with van der Waals surface area (Å²) >= 11 is 0. The molecule has 0 bridgehead atoms. The molecule has 0 aliphatic heterocycles. The molecule has 0 saturated heterocycles. The molecule has 0 saturated carbocycles. The van der Waals surface area contributed by atoms with E-state index < -0.39 is 31.0 Å². The molecule has 0 aromatic heterocycles. The van der Waals surface area contributed by atoms with E-state index in [2.05, 4.69) is 196 Å². The van der Waals surface area contributed by atoms with E-state index in [-0.39, 0.29) is 0 Å². The summed E-state index contributed by atoms with van der Waals surface area (Å²) in [4.78, 5) is 0. The monoisotopic (exact) mass is 712 g/mol. The van der Waals surface area contributed by atoms with E-state index in [0.29, 0.717) is 0 Å². The molecule has 0 amide bonds. The second-order valence-corrected chi connectivity index (χ2v) is 32.5. The third-order valence-electron chi connectivity index (χ3n) is 9.66. The molecule has 0 radical (unpaired) electrons. The van der Waals surface area contributed by atoms with Crippen LogP contribution in [0.2, 0.25) is 26.2 Å². The Bertz CT molecular complexity index is 1650. The highest BCUT2D eigenvalue weighted by Crippen LogP contribution is 2.36. The van der Waals surface area contributed by atoms with E-state index in [1.807, 2.05) is 13.8 Å². The second-order valence-electron chi connectivity index (χ2n) is 13.1. The first-order chi connectivity index (χ1) is 23.8. The van der Waals surface area contributed by atoms with Crippen molar-refractivity contribution in [2.24, 2.45) is 0 Å². The van der Waals surface area contributed by atoms with E-state index in [1.54, 1.807) is 10.4 Å². The van der Waals surface area contributed by atoms with Crippen LogP contribution < -0.4 is 42.2 Å². The van der Waals surface area contributed by atoms with Crippen molar-refractivity contribution >= 4 is 73.2 Å². The fourth-order valence-electron chi connectivity index (χ4n) is 6.43. The Labute approximate surface area is 299 Å². The highest BCUT2D eigenvalue weighted by atomic mass is 31.1. The summed E-state index contributed by atoms with van der Waals surface area (Å²) in [5.41, 5.74) is 0. The summed E-state index contributed by atoms with van der Waals surface area (Å²) in [6.07, 6.45) is 0. The lowest BCUT2D eigenvalue weighted by atomic mass is 10.3. The number of benzene rings is 6. The van der Waals surface area contributed by atoms with E-state index in [0.717, 1.165) is 13.2 Å². The van der Waals surface area contributed by atoms with E-state index in [4.69, 9.17) is 4.74 Å². The van der Waals surface area contributed by atoms with Gasteiger partial charge in [0.15, 0.2) is 0 Å². The van der Waals surface area contributed by atoms with Gasteiger partial charge in [-0.3, -0.25) is 0 Å². The molecule has 49 heavy (non-hydrogen) atoms. The Hall–Kier alpha value is -3.43. The molecule has 0 atom stereocenters. The van der Waals surface area contributed by atoms with Gasteiger partial charge in [-0.2, -0.15) is 0 Å². The van der Waals surface area contributed by atoms with E-state index in [1.165, 1.54) is 31.8 Å². The summed E-state index contributed by atoms with van der Waals surface area (Å²) < 4.78 is 4.83. The largest absolute Gasteiger partial charge is 0.382 e. The molecular formula is C44H50OP2Si2. The van der Waals surface area contributed by atoms with Gasteiger partial charge in [0, 0.05) is 13.2 Å². The summed E-state index contributed by atoms with van der Waals surface area (Å²) in [7, 11) is -5.43. The number of rotatable bonds is 11. The van der Waals surface area contributed by atoms with Gasteiger partial charge in [-0.1, -0.05) is 206 Å². The Morgan fingerprint density at radius 3 is 0.857 bits per heavy atom. The topological polar surface area (TPSA) is 9.23 Å². The second kappa shape index (κ2) is 17.5. The lowest BCUT2D eigenvalue weighted by Crippen LogP contribution is -2.73. The smallest absolute Gasteiger partial charge is 0.0800 e. The van der Waals surface area contributed by atoms with Crippen LogP contribution in [0.3, 0.4) is 0 Å². The van der Waals surface area contributed by atoms with Gasteiger partial charge in [-0.15, -0.1) is 0 Å². The maximum Gasteiger partial charge on any atom is 0.0800 e. The minimum absolute atomic E-state index is 0.679. The number of hydrogen-bond acceptors (Lipinski definition) is 1. The quantitative estimate of drug-likeness (QED) is 0.0983. The standard InChI is InChI=1S/C40H40P2Si2.C4H10O/c1-43(2,39-31-19-17-29-37(39)41(33-21-9-5-10-22-33)34-23-11-6-12-24-34)44(3,4)40-32-20-18-30-38(40)42(35-25-13-7-14-26-35)36-27-15-8-16-28-36;1-3-5-4-2/h5-32H,1-4H3;3-4H2,1-2H3. The molecule has 0 unspecified atom stereocenters. The summed E-state index contributed by atoms with van der Waals surface area (Å²) in [6.45, 7) is 16.3. The van der Waals surface area contributed by atoms with Crippen molar-refractivity contribution < 1.29 is 4.74 Å². The van der Waals surface area contributed by atoms with Gasteiger partial charge >= 0.3 is 0 Å². The lowest BCUT2D eigenvalue weighted by molar-refractivity contribution is 0.162. The molecule has 6 aromatic carbocycles. The highest BCUT2D eigenvalue weighted by molar-refractivity contribution is 7.81. The zero-order valence-corrected chi connectivity index (χ0v) is 33.7. The van der Waals surface area contributed by atoms with Crippen molar-refractivity contribution in [3.05, 3.63) is 170 Å². The molecule has 6 aromatic rings. The predicted molar refractivity (Wildman–Crippen MR) is 227 cm³/mol. The first-order valence-electron chi connectivity index (χ1n) is 17.4. The van der Waals surface area contributed by atoms with Gasteiger partial charge in [-0.05, 0) is 61.5 Å². The first kappa shape index (κ1) is 36.8. The lowest BCUT2D eigenvalue weighted by Gasteiger charge is -2.43. The van der Waals surface area contributed by atoms with Crippen molar-refractivity contribution in [1.29, 1.82) is 0 Å². The average molecular weight is 713 g/mol. The van der Waals surface area contributed by atoms with Crippen LogP contribution in [0, 0.1) is 0 Å². The fourth-order valence-corrected chi connectivity index (χ4v) is 23.3. The zero-order valence-electron chi connectivity index (χ0n) is 29.9. The number of ether oxygens (including phenoxy) is 1. The molecule has 6 rings (SSSR count). The molecule has 0 fully saturated rings. The molecular weight excluding hydrogens is 663 g/mol. The van der Waals surface area contributed by atoms with Crippen LogP contribution in [0.15, 0.2) is 170 Å². The third-order valence-corrected chi connectivity index (χ3v) is 32.8. The number of hydrogen-bond donors (Lipinski definition) is 0. The fraction of sp³-hybridized carbons (Fsp3) is 0.182.